The molecule has 0 saturated heterocycles. The molecule has 7 nitrogen and oxygen atoms in total. The summed E-state index contributed by atoms with van der Waals surface area (Å²) >= 11 is 0.869. The second-order valence-corrected chi connectivity index (χ2v) is 6.04. The number of benzene rings is 1. The van der Waals surface area contributed by atoms with Crippen molar-refractivity contribution in [1.29, 1.82) is 0 Å². The SMILES string of the molecule is COc1ccccc1Oc1ccc(NC(=O)c2sc(=O)[nH]c2C)cn1. The van der Waals surface area contributed by atoms with E-state index < -0.39 is 0 Å². The summed E-state index contributed by atoms with van der Waals surface area (Å²) in [6, 6.07) is 10.5. The van der Waals surface area contributed by atoms with E-state index in [0.717, 1.165) is 11.3 Å². The topological polar surface area (TPSA) is 93.3 Å². The zero-order valence-electron chi connectivity index (χ0n) is 13.5. The highest BCUT2D eigenvalue weighted by Crippen LogP contribution is 2.30. The molecule has 8 heteroatoms. The third-order valence-electron chi connectivity index (χ3n) is 3.31. The van der Waals surface area contributed by atoms with E-state index in [9.17, 15) is 9.59 Å². The molecule has 0 bridgehead atoms. The fraction of sp³-hybridized carbons (Fsp3) is 0.118. The maximum atomic E-state index is 12.2. The predicted molar refractivity (Wildman–Crippen MR) is 94.9 cm³/mol. The number of para-hydroxylation sites is 2. The molecule has 0 radical (unpaired) electrons. The van der Waals surface area contributed by atoms with Crippen molar-refractivity contribution in [3.8, 4) is 17.4 Å². The van der Waals surface area contributed by atoms with E-state index in [-0.39, 0.29) is 10.8 Å². The number of methoxy groups -OCH3 is 1. The van der Waals surface area contributed by atoms with Gasteiger partial charge in [0.25, 0.3) is 5.91 Å². The fourth-order valence-corrected chi connectivity index (χ4v) is 2.88. The summed E-state index contributed by atoms with van der Waals surface area (Å²) < 4.78 is 10.9. The van der Waals surface area contributed by atoms with Crippen LogP contribution >= 0.6 is 11.3 Å². The lowest BCUT2D eigenvalue weighted by atomic mass is 10.3. The van der Waals surface area contributed by atoms with Crippen molar-refractivity contribution >= 4 is 22.9 Å². The van der Waals surface area contributed by atoms with Crippen LogP contribution in [0.2, 0.25) is 0 Å². The summed E-state index contributed by atoms with van der Waals surface area (Å²) in [6.45, 7) is 1.68. The van der Waals surface area contributed by atoms with Crippen molar-refractivity contribution < 1.29 is 14.3 Å². The lowest BCUT2D eigenvalue weighted by Crippen LogP contribution is -2.11. The van der Waals surface area contributed by atoms with Crippen LogP contribution < -0.4 is 19.7 Å². The molecule has 25 heavy (non-hydrogen) atoms. The Morgan fingerprint density at radius 3 is 2.56 bits per heavy atom. The van der Waals surface area contributed by atoms with Gasteiger partial charge in [0.1, 0.15) is 4.88 Å². The van der Waals surface area contributed by atoms with Gasteiger partial charge < -0.3 is 19.8 Å². The molecule has 0 atom stereocenters. The molecule has 2 heterocycles. The fourth-order valence-electron chi connectivity index (χ4n) is 2.14. The molecule has 3 rings (SSSR count). The van der Waals surface area contributed by atoms with Gasteiger partial charge in [0, 0.05) is 11.8 Å². The maximum absolute atomic E-state index is 12.2. The van der Waals surface area contributed by atoms with Crippen molar-refractivity contribution in [2.24, 2.45) is 0 Å². The van der Waals surface area contributed by atoms with Gasteiger partial charge in [0.15, 0.2) is 11.5 Å². The van der Waals surface area contributed by atoms with Crippen LogP contribution in [0.15, 0.2) is 47.4 Å². The molecule has 2 aromatic heterocycles. The van der Waals surface area contributed by atoms with Gasteiger partial charge >= 0.3 is 4.87 Å². The van der Waals surface area contributed by atoms with Crippen LogP contribution in [0.25, 0.3) is 0 Å². The minimum absolute atomic E-state index is 0.263. The third kappa shape index (κ3) is 3.86. The summed E-state index contributed by atoms with van der Waals surface area (Å²) in [6.07, 6.45) is 1.48. The monoisotopic (exact) mass is 357 g/mol. The number of aromatic nitrogens is 2. The number of ether oxygens (including phenoxy) is 2. The quantitative estimate of drug-likeness (QED) is 0.731. The summed E-state index contributed by atoms with van der Waals surface area (Å²) in [5, 5.41) is 2.70. The normalized spacial score (nSPS) is 10.3. The van der Waals surface area contributed by atoms with Gasteiger partial charge in [-0.2, -0.15) is 0 Å². The number of H-pyrrole nitrogens is 1. The Labute approximate surface area is 147 Å². The molecular weight excluding hydrogens is 342 g/mol. The van der Waals surface area contributed by atoms with Crippen molar-refractivity contribution in [1.82, 2.24) is 9.97 Å². The number of carbonyl (C=O) groups excluding carboxylic acids is 1. The van der Waals surface area contributed by atoms with Gasteiger partial charge in [0.05, 0.1) is 19.0 Å². The maximum Gasteiger partial charge on any atom is 0.305 e. The second kappa shape index (κ2) is 7.18. The molecule has 1 aromatic carbocycles. The molecule has 2 N–H and O–H groups in total. The number of nitrogens with zero attached hydrogens (tertiary/aromatic N) is 1. The average Bonchev–Trinajstić information content (AvgIpc) is 2.95. The van der Waals surface area contributed by atoms with Crippen molar-refractivity contribution in [2.45, 2.75) is 6.92 Å². The Balaban J connectivity index is 1.71. The lowest BCUT2D eigenvalue weighted by molar-refractivity contribution is 0.102. The molecule has 0 unspecified atom stereocenters. The summed E-state index contributed by atoms with van der Waals surface area (Å²) in [5.74, 6) is 1.15. The van der Waals surface area contributed by atoms with Crippen molar-refractivity contribution in [3.05, 3.63) is 62.8 Å². The standard InChI is InChI=1S/C17H15N3O4S/c1-10-15(25-17(22)19-10)16(21)20-11-7-8-14(18-9-11)24-13-6-4-3-5-12(13)23-2/h3-9H,1-2H3,(H,19,22)(H,20,21). The van der Waals surface area contributed by atoms with E-state index in [0.29, 0.717) is 33.6 Å². The van der Waals surface area contributed by atoms with Crippen LogP contribution in [0.3, 0.4) is 0 Å². The van der Waals surface area contributed by atoms with E-state index in [1.807, 2.05) is 12.1 Å². The van der Waals surface area contributed by atoms with E-state index in [4.69, 9.17) is 9.47 Å². The van der Waals surface area contributed by atoms with Crippen LogP contribution in [0, 0.1) is 6.92 Å². The third-order valence-corrected chi connectivity index (χ3v) is 4.29. The molecule has 0 saturated carbocycles. The molecule has 0 spiro atoms. The van der Waals surface area contributed by atoms with E-state index in [1.54, 1.807) is 38.3 Å². The zero-order valence-corrected chi connectivity index (χ0v) is 14.3. The minimum Gasteiger partial charge on any atom is -0.493 e. The number of thiazole rings is 1. The Bertz CT molecular complexity index is 947. The largest absolute Gasteiger partial charge is 0.493 e. The first-order chi connectivity index (χ1) is 12.1. The van der Waals surface area contributed by atoms with Crippen LogP contribution in [0.4, 0.5) is 5.69 Å². The van der Waals surface area contributed by atoms with Crippen LogP contribution in [0.1, 0.15) is 15.4 Å². The first-order valence-electron chi connectivity index (χ1n) is 7.35. The Morgan fingerprint density at radius 1 is 1.20 bits per heavy atom. The summed E-state index contributed by atoms with van der Waals surface area (Å²) in [5.41, 5.74) is 1.04. The number of rotatable bonds is 5. The Hall–Kier alpha value is -3.13. The van der Waals surface area contributed by atoms with Gasteiger partial charge in [-0.1, -0.05) is 23.5 Å². The second-order valence-electron chi connectivity index (χ2n) is 5.06. The zero-order chi connectivity index (χ0) is 17.8. The first kappa shape index (κ1) is 16.7. The molecule has 1 amide bonds. The van der Waals surface area contributed by atoms with Crippen molar-refractivity contribution in [2.75, 3.05) is 12.4 Å². The van der Waals surface area contributed by atoms with Crippen LogP contribution in [-0.4, -0.2) is 23.0 Å². The highest BCUT2D eigenvalue weighted by Gasteiger charge is 2.13. The summed E-state index contributed by atoms with van der Waals surface area (Å²) in [7, 11) is 1.56. The number of pyridine rings is 1. The highest BCUT2D eigenvalue weighted by molar-refractivity contribution is 7.11. The van der Waals surface area contributed by atoms with Gasteiger partial charge in [-0.25, -0.2) is 4.98 Å². The molecular formula is C17H15N3O4S. The number of hydrogen-bond acceptors (Lipinski definition) is 6. The number of aryl methyl sites for hydroxylation is 1. The first-order valence-corrected chi connectivity index (χ1v) is 8.16. The van der Waals surface area contributed by atoms with E-state index in [1.165, 1.54) is 6.20 Å². The lowest BCUT2D eigenvalue weighted by Gasteiger charge is -2.09. The minimum atomic E-state index is -0.360. The van der Waals surface area contributed by atoms with Crippen LogP contribution in [-0.2, 0) is 0 Å². The number of carbonyl (C=O) groups is 1. The van der Waals surface area contributed by atoms with Gasteiger partial charge in [0.2, 0.25) is 5.88 Å². The Morgan fingerprint density at radius 2 is 1.96 bits per heavy atom. The molecule has 0 aliphatic carbocycles. The van der Waals surface area contributed by atoms with Gasteiger partial charge in [-0.15, -0.1) is 0 Å². The van der Waals surface area contributed by atoms with Crippen molar-refractivity contribution in [3.63, 3.8) is 0 Å². The van der Waals surface area contributed by atoms with Gasteiger partial charge in [-0.3, -0.25) is 9.59 Å². The van der Waals surface area contributed by atoms with Gasteiger partial charge in [-0.05, 0) is 25.1 Å². The molecule has 0 aliphatic heterocycles. The van der Waals surface area contributed by atoms with E-state index in [2.05, 4.69) is 15.3 Å². The highest BCUT2D eigenvalue weighted by atomic mass is 32.1. The Kier molecular flexibility index (Phi) is 4.80. The molecule has 0 fully saturated rings. The predicted octanol–water partition coefficient (Wildman–Crippen LogP) is 3.19. The number of amides is 1. The summed E-state index contributed by atoms with van der Waals surface area (Å²) in [4.78, 5) is 30.3. The van der Waals surface area contributed by atoms with E-state index >= 15 is 0 Å². The number of nitrogens with one attached hydrogen (secondary N) is 2. The smallest absolute Gasteiger partial charge is 0.305 e. The molecule has 0 aliphatic rings. The molecule has 3 aromatic rings. The molecule has 128 valence electrons. The number of hydrogen-bond donors (Lipinski definition) is 2. The number of aromatic amines is 1. The van der Waals surface area contributed by atoms with Crippen LogP contribution in [0.5, 0.6) is 17.4 Å². The number of anilines is 1. The average molecular weight is 357 g/mol.